The molecule has 0 aliphatic carbocycles. The Morgan fingerprint density at radius 2 is 1.53 bits per heavy atom. The van der Waals surface area contributed by atoms with E-state index >= 15 is 0 Å². The van der Waals surface area contributed by atoms with Gasteiger partial charge < -0.3 is 20.1 Å². The molecule has 10 nitrogen and oxygen atoms in total. The molecular weight excluding hydrogens is 495 g/mol. The lowest BCUT2D eigenvalue weighted by Gasteiger charge is -2.16. The second-order valence-electron chi connectivity index (χ2n) is 8.32. The summed E-state index contributed by atoms with van der Waals surface area (Å²) < 4.78 is 26.1. The molecule has 2 amide bonds. The molecule has 1 aromatic heterocycles. The first-order valence-corrected chi connectivity index (χ1v) is 11.5. The minimum Gasteiger partial charge on any atom is -0.493 e. The molecule has 0 aliphatic rings. The van der Waals surface area contributed by atoms with Crippen LogP contribution in [-0.2, 0) is 17.9 Å². The highest BCUT2D eigenvalue weighted by Gasteiger charge is 2.19. The lowest BCUT2D eigenvalue weighted by atomic mass is 10.1. The topological polar surface area (TPSA) is 121 Å². The number of ether oxygens (including phenoxy) is 2. The van der Waals surface area contributed by atoms with Gasteiger partial charge in [0.25, 0.3) is 11.5 Å². The Hall–Kier alpha value is -4.93. The van der Waals surface area contributed by atoms with E-state index in [4.69, 9.17) is 9.47 Å². The van der Waals surface area contributed by atoms with Crippen molar-refractivity contribution in [1.29, 1.82) is 0 Å². The molecule has 38 heavy (non-hydrogen) atoms. The largest absolute Gasteiger partial charge is 0.493 e. The van der Waals surface area contributed by atoms with Crippen LogP contribution < -0.4 is 31.4 Å². The summed E-state index contributed by atoms with van der Waals surface area (Å²) in [5, 5.41) is 5.29. The summed E-state index contributed by atoms with van der Waals surface area (Å²) in [4.78, 5) is 51.8. The predicted molar refractivity (Wildman–Crippen MR) is 140 cm³/mol. The van der Waals surface area contributed by atoms with Crippen LogP contribution in [0.5, 0.6) is 11.5 Å². The fourth-order valence-corrected chi connectivity index (χ4v) is 4.00. The number of carbonyl (C=O) groups excluding carboxylic acids is 2. The third kappa shape index (κ3) is 5.26. The molecule has 0 spiro atoms. The van der Waals surface area contributed by atoms with Gasteiger partial charge in [-0.3, -0.25) is 23.5 Å². The van der Waals surface area contributed by atoms with Crippen LogP contribution >= 0.6 is 0 Å². The number of benzene rings is 3. The van der Waals surface area contributed by atoms with Crippen LogP contribution in [0, 0.1) is 5.82 Å². The van der Waals surface area contributed by atoms with Gasteiger partial charge >= 0.3 is 5.69 Å². The Kier molecular flexibility index (Phi) is 7.56. The molecule has 1 heterocycles. The van der Waals surface area contributed by atoms with Crippen molar-refractivity contribution in [3.05, 3.63) is 98.4 Å². The van der Waals surface area contributed by atoms with Crippen LogP contribution in [-0.4, -0.2) is 42.2 Å². The van der Waals surface area contributed by atoms with Crippen molar-refractivity contribution in [2.45, 2.75) is 13.1 Å². The van der Waals surface area contributed by atoms with Gasteiger partial charge in [0.1, 0.15) is 12.4 Å². The summed E-state index contributed by atoms with van der Waals surface area (Å²) >= 11 is 0. The molecule has 0 radical (unpaired) electrons. The normalized spacial score (nSPS) is 10.7. The molecule has 0 aliphatic heterocycles. The minimum absolute atomic E-state index is 0.102. The first-order valence-electron chi connectivity index (χ1n) is 11.5. The molecule has 4 aromatic rings. The summed E-state index contributed by atoms with van der Waals surface area (Å²) in [6, 6.07) is 14.6. The highest BCUT2D eigenvalue weighted by Crippen LogP contribution is 2.30. The maximum absolute atomic E-state index is 13.6. The Bertz CT molecular complexity index is 1630. The number of anilines is 1. The van der Waals surface area contributed by atoms with E-state index in [0.717, 1.165) is 9.13 Å². The number of fused-ring (bicyclic) bond motifs is 1. The van der Waals surface area contributed by atoms with Gasteiger partial charge in [0.05, 0.1) is 31.7 Å². The smallest absolute Gasteiger partial charge is 0.332 e. The summed E-state index contributed by atoms with van der Waals surface area (Å²) in [6.07, 6.45) is 0. The first kappa shape index (κ1) is 26.1. The maximum atomic E-state index is 13.6. The van der Waals surface area contributed by atoms with Crippen LogP contribution in [0.2, 0.25) is 0 Å². The number of aromatic nitrogens is 2. The van der Waals surface area contributed by atoms with Gasteiger partial charge in [-0.25, -0.2) is 9.18 Å². The van der Waals surface area contributed by atoms with Gasteiger partial charge in [0.15, 0.2) is 11.5 Å². The van der Waals surface area contributed by atoms with Gasteiger partial charge in [-0.15, -0.1) is 0 Å². The molecule has 3 aromatic carbocycles. The average molecular weight is 521 g/mol. The number of halogens is 1. The van der Waals surface area contributed by atoms with Gasteiger partial charge in [0.2, 0.25) is 5.91 Å². The van der Waals surface area contributed by atoms with E-state index in [1.54, 1.807) is 24.3 Å². The minimum atomic E-state index is -0.723. The third-order valence-electron chi connectivity index (χ3n) is 5.94. The number of nitrogens with zero attached hydrogens (tertiary/aromatic N) is 2. The second kappa shape index (κ2) is 11.0. The van der Waals surface area contributed by atoms with Crippen LogP contribution in [0.3, 0.4) is 0 Å². The van der Waals surface area contributed by atoms with Crippen molar-refractivity contribution in [2.24, 2.45) is 0 Å². The standard InChI is InChI=1S/C27H25FN4O6/c1-29-25(34)17-6-4-16(5-7-17)14-32-26(35)20-12-22(37-2)23(38-3)13-21(20)31(27(32)36)15-24(33)30-19-10-8-18(28)9-11-19/h4-13H,14-15H2,1-3H3,(H,29,34)(H,30,33). The highest BCUT2D eigenvalue weighted by molar-refractivity contribution is 5.94. The van der Waals surface area contributed by atoms with Crippen LogP contribution in [0.4, 0.5) is 10.1 Å². The van der Waals surface area contributed by atoms with Gasteiger partial charge in [0, 0.05) is 24.4 Å². The van der Waals surface area contributed by atoms with Crippen molar-refractivity contribution < 1.29 is 23.5 Å². The maximum Gasteiger partial charge on any atom is 0.332 e. The zero-order chi connectivity index (χ0) is 27.4. The Morgan fingerprint density at radius 1 is 0.895 bits per heavy atom. The van der Waals surface area contributed by atoms with Crippen LogP contribution in [0.15, 0.2) is 70.3 Å². The summed E-state index contributed by atoms with van der Waals surface area (Å²) in [5.41, 5.74) is 0.235. The highest BCUT2D eigenvalue weighted by atomic mass is 19.1. The number of methoxy groups -OCH3 is 2. The molecular formula is C27H25FN4O6. The predicted octanol–water partition coefficient (Wildman–Crippen LogP) is 2.37. The van der Waals surface area contributed by atoms with Crippen molar-refractivity contribution in [3.8, 4) is 11.5 Å². The van der Waals surface area contributed by atoms with E-state index in [-0.39, 0.29) is 34.9 Å². The molecule has 0 saturated heterocycles. The number of nitrogens with one attached hydrogen (secondary N) is 2. The molecule has 2 N–H and O–H groups in total. The number of amides is 2. The van der Waals surface area contributed by atoms with Gasteiger partial charge in [-0.2, -0.15) is 0 Å². The molecule has 0 atom stereocenters. The zero-order valence-electron chi connectivity index (χ0n) is 20.9. The second-order valence-corrected chi connectivity index (χ2v) is 8.32. The molecule has 4 rings (SSSR count). The third-order valence-corrected chi connectivity index (χ3v) is 5.94. The number of hydrogen-bond acceptors (Lipinski definition) is 6. The number of carbonyl (C=O) groups is 2. The Balaban J connectivity index is 1.81. The quantitative estimate of drug-likeness (QED) is 0.368. The summed E-state index contributed by atoms with van der Waals surface area (Å²) in [5.74, 6) is -0.736. The Labute approximate surface area is 216 Å². The van der Waals surface area contributed by atoms with Gasteiger partial charge in [-0.05, 0) is 48.0 Å². The molecule has 196 valence electrons. The number of rotatable bonds is 8. The van der Waals surface area contributed by atoms with Crippen LogP contribution in [0.25, 0.3) is 10.9 Å². The molecule has 0 fully saturated rings. The van der Waals surface area contributed by atoms with Crippen molar-refractivity contribution in [3.63, 3.8) is 0 Å². The molecule has 0 unspecified atom stereocenters. The SMILES string of the molecule is CNC(=O)c1ccc(Cn2c(=O)c3cc(OC)c(OC)cc3n(CC(=O)Nc3ccc(F)cc3)c2=O)cc1. The lowest BCUT2D eigenvalue weighted by Crippen LogP contribution is -2.42. The van der Waals surface area contributed by atoms with E-state index in [1.165, 1.54) is 57.7 Å². The van der Waals surface area contributed by atoms with Crippen molar-refractivity contribution >= 4 is 28.4 Å². The van der Waals surface area contributed by atoms with E-state index < -0.39 is 29.5 Å². The molecule has 0 saturated carbocycles. The number of hydrogen-bond donors (Lipinski definition) is 2. The fraction of sp³-hybridized carbons (Fsp3) is 0.185. The average Bonchev–Trinajstić information content (AvgIpc) is 2.93. The van der Waals surface area contributed by atoms with E-state index in [9.17, 15) is 23.6 Å². The monoisotopic (exact) mass is 520 g/mol. The first-order chi connectivity index (χ1) is 18.2. The van der Waals surface area contributed by atoms with Crippen LogP contribution in [0.1, 0.15) is 15.9 Å². The Morgan fingerprint density at radius 3 is 2.13 bits per heavy atom. The summed E-state index contributed by atoms with van der Waals surface area (Å²) in [6.45, 7) is -0.534. The van der Waals surface area contributed by atoms with E-state index in [0.29, 0.717) is 16.8 Å². The summed E-state index contributed by atoms with van der Waals surface area (Å²) in [7, 11) is 4.35. The van der Waals surface area contributed by atoms with E-state index in [2.05, 4.69) is 10.6 Å². The van der Waals surface area contributed by atoms with Gasteiger partial charge in [-0.1, -0.05) is 12.1 Å². The molecule has 11 heteroatoms. The van der Waals surface area contributed by atoms with Crippen molar-refractivity contribution in [2.75, 3.05) is 26.6 Å². The lowest BCUT2D eigenvalue weighted by molar-refractivity contribution is -0.116. The van der Waals surface area contributed by atoms with E-state index in [1.807, 2.05) is 0 Å². The molecule has 0 bridgehead atoms. The fourth-order valence-electron chi connectivity index (χ4n) is 4.00. The van der Waals surface area contributed by atoms with Crippen molar-refractivity contribution in [1.82, 2.24) is 14.5 Å². The zero-order valence-corrected chi connectivity index (χ0v) is 20.9.